The third-order valence-corrected chi connectivity index (χ3v) is 7.90. The largest absolute Gasteiger partial charge is 0.459 e. The molecule has 2 amide bonds. The number of amides is 2. The summed E-state index contributed by atoms with van der Waals surface area (Å²) < 4.78 is 34.2. The molecule has 0 aliphatic rings. The lowest BCUT2D eigenvalue weighted by atomic mass is 10.00. The van der Waals surface area contributed by atoms with Gasteiger partial charge in [0.2, 0.25) is 12.2 Å². The second-order valence-electron chi connectivity index (χ2n) is 10.1. The zero-order chi connectivity index (χ0) is 32.2. The Hall–Kier alpha value is -3.25. The molecule has 0 bridgehead atoms. The minimum Gasteiger partial charge on any atom is -0.459 e. The van der Waals surface area contributed by atoms with Crippen LogP contribution in [0.1, 0.15) is 45.7 Å². The van der Waals surface area contributed by atoms with Gasteiger partial charge in [0.15, 0.2) is 0 Å². The monoisotopic (exact) mass is 684 g/mol. The predicted molar refractivity (Wildman–Crippen MR) is 160 cm³/mol. The molecule has 3 N–H and O–H groups in total. The van der Waals surface area contributed by atoms with Crippen molar-refractivity contribution in [3.05, 3.63) is 70.2 Å². The van der Waals surface area contributed by atoms with E-state index in [1.54, 1.807) is 62.4 Å². The van der Waals surface area contributed by atoms with Gasteiger partial charge in [-0.05, 0) is 43.5 Å². The van der Waals surface area contributed by atoms with Crippen LogP contribution in [0, 0.1) is 11.8 Å². The zero-order valence-electron chi connectivity index (χ0n) is 24.7. The van der Waals surface area contributed by atoms with E-state index >= 15 is 0 Å². The molecule has 0 radical (unpaired) electrons. The van der Waals surface area contributed by atoms with E-state index in [-0.39, 0.29) is 13.0 Å². The Morgan fingerprint density at radius 2 is 1.49 bits per heavy atom. The Morgan fingerprint density at radius 3 is 2.09 bits per heavy atom. The Bertz CT molecular complexity index is 1280. The van der Waals surface area contributed by atoms with Gasteiger partial charge in [0.1, 0.15) is 18.9 Å². The quantitative estimate of drug-likeness (QED) is 0.136. The summed E-state index contributed by atoms with van der Waals surface area (Å²) in [5, 5.41) is 4.79. The summed E-state index contributed by atoms with van der Waals surface area (Å²) in [5.74, 6) is -3.42. The van der Waals surface area contributed by atoms with Gasteiger partial charge in [0.05, 0.1) is 18.0 Å². The Morgan fingerprint density at radius 1 is 0.860 bits per heavy atom. The maximum atomic E-state index is 13.3. The molecule has 0 aliphatic heterocycles. The fourth-order valence-electron chi connectivity index (χ4n) is 3.66. The molecule has 5 atom stereocenters. The standard InChI is InChI=1S/C29H38BrN2O10P/c1-18(2)27(34)40-21(5)41-29(36)32-20(4)42-43(37,38)17-24(15-22-11-13-25(30)14-12-22)26(33)31-19(3)28(35)39-16-23-9-7-6-8-10-23/h6-14,18-21,24H,15-17H2,1-5H3,(H,31,33)(H,32,36)(H,37,38). The van der Waals surface area contributed by atoms with Crippen molar-refractivity contribution in [3.8, 4) is 0 Å². The summed E-state index contributed by atoms with van der Waals surface area (Å²) in [6, 6.07) is 15.0. The number of hydrogen-bond donors (Lipinski definition) is 3. The highest BCUT2D eigenvalue weighted by molar-refractivity contribution is 9.10. The summed E-state index contributed by atoms with van der Waals surface area (Å²) in [6.45, 7) is 7.34. The molecule has 43 heavy (non-hydrogen) atoms. The van der Waals surface area contributed by atoms with E-state index in [4.69, 9.17) is 18.7 Å². The fourth-order valence-corrected chi connectivity index (χ4v) is 5.41. The van der Waals surface area contributed by atoms with Crippen molar-refractivity contribution in [1.29, 1.82) is 0 Å². The molecule has 2 aromatic carbocycles. The molecule has 14 heteroatoms. The number of nitrogens with one attached hydrogen (secondary N) is 2. The van der Waals surface area contributed by atoms with Crippen molar-refractivity contribution >= 4 is 47.5 Å². The van der Waals surface area contributed by atoms with E-state index in [2.05, 4.69) is 26.6 Å². The molecule has 0 aliphatic carbocycles. The number of alkyl carbamates (subject to hydrolysis) is 1. The van der Waals surface area contributed by atoms with Gasteiger partial charge < -0.3 is 24.4 Å². The molecular formula is C29H38BrN2O10P. The molecule has 2 rings (SSSR count). The summed E-state index contributed by atoms with van der Waals surface area (Å²) in [6.07, 6.45) is -4.13. The second kappa shape index (κ2) is 17.1. The van der Waals surface area contributed by atoms with Crippen molar-refractivity contribution in [2.45, 2.75) is 66.2 Å². The molecule has 0 saturated heterocycles. The van der Waals surface area contributed by atoms with Crippen LogP contribution in [0.3, 0.4) is 0 Å². The number of hydrogen-bond acceptors (Lipinski definition) is 9. The number of ether oxygens (including phenoxy) is 3. The molecule has 5 unspecified atom stereocenters. The average molecular weight is 686 g/mol. The van der Waals surface area contributed by atoms with Crippen LogP contribution < -0.4 is 10.6 Å². The van der Waals surface area contributed by atoms with Gasteiger partial charge in [0, 0.05) is 11.4 Å². The summed E-state index contributed by atoms with van der Waals surface area (Å²) >= 11 is 3.34. The minimum atomic E-state index is -4.49. The third-order valence-electron chi connectivity index (χ3n) is 5.82. The number of carbonyl (C=O) groups is 4. The van der Waals surface area contributed by atoms with Crippen molar-refractivity contribution in [2.24, 2.45) is 11.8 Å². The topological polar surface area (TPSA) is 167 Å². The van der Waals surface area contributed by atoms with E-state index in [1.165, 1.54) is 20.8 Å². The lowest BCUT2D eigenvalue weighted by Crippen LogP contribution is -2.44. The lowest BCUT2D eigenvalue weighted by molar-refractivity contribution is -0.168. The van der Waals surface area contributed by atoms with Crippen LogP contribution in [0.5, 0.6) is 0 Å². The zero-order valence-corrected chi connectivity index (χ0v) is 27.1. The van der Waals surface area contributed by atoms with Crippen LogP contribution in [0.15, 0.2) is 59.1 Å². The van der Waals surface area contributed by atoms with Gasteiger partial charge >= 0.3 is 25.6 Å². The van der Waals surface area contributed by atoms with Crippen LogP contribution >= 0.6 is 23.5 Å². The minimum absolute atomic E-state index is 0.0220. The van der Waals surface area contributed by atoms with Crippen molar-refractivity contribution in [1.82, 2.24) is 10.6 Å². The van der Waals surface area contributed by atoms with Crippen LogP contribution in [0.4, 0.5) is 4.79 Å². The smallest absolute Gasteiger partial charge is 0.412 e. The summed E-state index contributed by atoms with van der Waals surface area (Å²) in [7, 11) is -4.49. The van der Waals surface area contributed by atoms with E-state index in [0.29, 0.717) is 5.56 Å². The first-order valence-electron chi connectivity index (χ1n) is 13.6. The third kappa shape index (κ3) is 13.7. The number of rotatable bonds is 15. The number of benzene rings is 2. The number of carbonyl (C=O) groups excluding carboxylic acids is 4. The van der Waals surface area contributed by atoms with Gasteiger partial charge in [0.25, 0.3) is 0 Å². The molecule has 0 saturated carbocycles. The maximum absolute atomic E-state index is 13.3. The van der Waals surface area contributed by atoms with Crippen LogP contribution in [-0.4, -0.2) is 53.6 Å². The molecule has 236 valence electrons. The van der Waals surface area contributed by atoms with Gasteiger partial charge in [-0.3, -0.25) is 24.0 Å². The van der Waals surface area contributed by atoms with Crippen LogP contribution in [0.2, 0.25) is 0 Å². The molecule has 12 nitrogen and oxygen atoms in total. The Labute approximate surface area is 259 Å². The summed E-state index contributed by atoms with van der Waals surface area (Å²) in [4.78, 5) is 60.2. The van der Waals surface area contributed by atoms with E-state index in [9.17, 15) is 28.6 Å². The predicted octanol–water partition coefficient (Wildman–Crippen LogP) is 4.68. The SMILES string of the molecule is CC(NC(=O)OC(C)OC(=O)C(C)C)OP(=O)(O)CC(Cc1ccc(Br)cc1)C(=O)NC(C)C(=O)OCc1ccccc1. The van der Waals surface area contributed by atoms with E-state index in [1.807, 2.05) is 6.07 Å². The van der Waals surface area contributed by atoms with Crippen LogP contribution in [-0.2, 0) is 50.7 Å². The highest BCUT2D eigenvalue weighted by atomic mass is 79.9. The highest BCUT2D eigenvalue weighted by Gasteiger charge is 2.34. The molecule has 2 aromatic rings. The van der Waals surface area contributed by atoms with E-state index < -0.39 is 68.1 Å². The Balaban J connectivity index is 2.03. The van der Waals surface area contributed by atoms with Crippen LogP contribution in [0.25, 0.3) is 0 Å². The van der Waals surface area contributed by atoms with Gasteiger partial charge in [-0.15, -0.1) is 0 Å². The average Bonchev–Trinajstić information content (AvgIpc) is 2.92. The molecule has 0 heterocycles. The fraction of sp³-hybridized carbons (Fsp3) is 0.448. The van der Waals surface area contributed by atoms with Crippen molar-refractivity contribution in [2.75, 3.05) is 6.16 Å². The molecule has 0 aromatic heterocycles. The first kappa shape index (κ1) is 35.9. The molecule has 0 spiro atoms. The number of esters is 2. The van der Waals surface area contributed by atoms with Gasteiger partial charge in [-0.25, -0.2) is 9.59 Å². The molecule has 0 fully saturated rings. The Kier molecular flexibility index (Phi) is 14.3. The highest BCUT2D eigenvalue weighted by Crippen LogP contribution is 2.45. The first-order chi connectivity index (χ1) is 20.1. The normalized spacial score (nSPS) is 15.3. The van der Waals surface area contributed by atoms with Crippen molar-refractivity contribution < 1.29 is 47.4 Å². The lowest BCUT2D eigenvalue weighted by Gasteiger charge is -2.24. The molecular weight excluding hydrogens is 647 g/mol. The maximum Gasteiger partial charge on any atom is 0.412 e. The van der Waals surface area contributed by atoms with Crippen molar-refractivity contribution in [3.63, 3.8) is 0 Å². The van der Waals surface area contributed by atoms with Gasteiger partial charge in [-0.2, -0.15) is 0 Å². The number of halogens is 1. The van der Waals surface area contributed by atoms with Gasteiger partial charge in [-0.1, -0.05) is 72.2 Å². The summed E-state index contributed by atoms with van der Waals surface area (Å²) in [5.41, 5.74) is 1.47. The second-order valence-corrected chi connectivity index (χ2v) is 12.9. The first-order valence-corrected chi connectivity index (χ1v) is 16.1. The van der Waals surface area contributed by atoms with E-state index in [0.717, 1.165) is 10.0 Å².